The van der Waals surface area contributed by atoms with E-state index in [2.05, 4.69) is 19.6 Å². The molecular formula is C19H28OS. The van der Waals surface area contributed by atoms with Crippen molar-refractivity contribution in [1.82, 2.24) is 0 Å². The Kier molecular flexibility index (Phi) is 4.54. The monoisotopic (exact) mass is 304 g/mol. The predicted octanol–water partition coefficient (Wildman–Crippen LogP) is 5.88. The minimum Gasteiger partial charge on any atom is -0.493 e. The summed E-state index contributed by atoms with van der Waals surface area (Å²) in [4.78, 5) is 0.997. The Morgan fingerprint density at radius 3 is 2.10 bits per heavy atom. The molecule has 0 atom stereocenters. The van der Waals surface area contributed by atoms with Crippen LogP contribution in [0, 0.1) is 10.8 Å². The smallest absolute Gasteiger partial charge is 0.119 e. The molecule has 0 radical (unpaired) electrons. The van der Waals surface area contributed by atoms with Crippen LogP contribution in [0.3, 0.4) is 0 Å². The molecule has 0 N–H and O–H groups in total. The van der Waals surface area contributed by atoms with Crippen LogP contribution in [0.1, 0.15) is 64.7 Å². The van der Waals surface area contributed by atoms with Crippen LogP contribution in [0.15, 0.2) is 29.2 Å². The Morgan fingerprint density at radius 1 is 0.952 bits per heavy atom. The van der Waals surface area contributed by atoms with Gasteiger partial charge in [-0.15, -0.1) is 12.6 Å². The van der Waals surface area contributed by atoms with Gasteiger partial charge in [-0.05, 0) is 74.6 Å². The van der Waals surface area contributed by atoms with Gasteiger partial charge in [-0.1, -0.05) is 19.8 Å². The molecule has 0 aliphatic heterocycles. The van der Waals surface area contributed by atoms with Crippen LogP contribution >= 0.6 is 12.6 Å². The van der Waals surface area contributed by atoms with Crippen molar-refractivity contribution in [2.24, 2.45) is 10.8 Å². The van der Waals surface area contributed by atoms with Gasteiger partial charge in [0.25, 0.3) is 0 Å². The zero-order valence-electron chi connectivity index (χ0n) is 13.2. The van der Waals surface area contributed by atoms with E-state index in [1.165, 1.54) is 57.8 Å². The molecule has 0 unspecified atom stereocenters. The van der Waals surface area contributed by atoms with Crippen molar-refractivity contribution in [1.29, 1.82) is 0 Å². The average molecular weight is 304 g/mol. The lowest BCUT2D eigenvalue weighted by Gasteiger charge is -2.53. The van der Waals surface area contributed by atoms with Crippen molar-refractivity contribution in [2.45, 2.75) is 69.6 Å². The number of unbranched alkanes of at least 4 members (excludes halogenated alkanes) is 1. The van der Waals surface area contributed by atoms with E-state index in [0.717, 1.165) is 17.3 Å². The van der Waals surface area contributed by atoms with E-state index >= 15 is 0 Å². The highest BCUT2D eigenvalue weighted by molar-refractivity contribution is 7.80. The fourth-order valence-electron chi connectivity index (χ4n) is 4.26. The highest BCUT2D eigenvalue weighted by Crippen LogP contribution is 2.58. The molecule has 21 heavy (non-hydrogen) atoms. The number of benzene rings is 1. The summed E-state index contributed by atoms with van der Waals surface area (Å²) in [6, 6.07) is 8.09. The summed E-state index contributed by atoms with van der Waals surface area (Å²) < 4.78 is 6.10. The number of hydrogen-bond donors (Lipinski definition) is 1. The largest absolute Gasteiger partial charge is 0.493 e. The second-order valence-corrected chi connectivity index (χ2v) is 7.90. The van der Waals surface area contributed by atoms with E-state index in [1.807, 2.05) is 24.3 Å². The minimum absolute atomic E-state index is 0.466. The number of ether oxygens (including phenoxy) is 1. The molecule has 3 saturated carbocycles. The first-order chi connectivity index (χ1) is 10.2. The van der Waals surface area contributed by atoms with Crippen LogP contribution in [-0.4, -0.2) is 6.61 Å². The first kappa shape index (κ1) is 15.3. The van der Waals surface area contributed by atoms with Crippen molar-refractivity contribution < 1.29 is 4.74 Å². The van der Waals surface area contributed by atoms with E-state index in [-0.39, 0.29) is 0 Å². The Hall–Kier alpha value is -0.630. The van der Waals surface area contributed by atoms with Crippen molar-refractivity contribution in [3.8, 4) is 5.75 Å². The third kappa shape index (κ3) is 3.41. The summed E-state index contributed by atoms with van der Waals surface area (Å²) in [6.45, 7) is 3.22. The zero-order valence-corrected chi connectivity index (χ0v) is 14.1. The van der Waals surface area contributed by atoms with E-state index in [0.29, 0.717) is 10.8 Å². The molecule has 0 heterocycles. The van der Waals surface area contributed by atoms with Crippen LogP contribution in [0.25, 0.3) is 0 Å². The molecule has 1 aromatic carbocycles. The summed E-state index contributed by atoms with van der Waals surface area (Å²) in [7, 11) is 0. The van der Waals surface area contributed by atoms with Crippen LogP contribution in [0.4, 0.5) is 0 Å². The Morgan fingerprint density at radius 2 is 1.52 bits per heavy atom. The maximum absolute atomic E-state index is 6.10. The minimum atomic E-state index is 0.466. The van der Waals surface area contributed by atoms with Crippen LogP contribution < -0.4 is 4.74 Å². The quantitative estimate of drug-likeness (QED) is 0.645. The maximum Gasteiger partial charge on any atom is 0.119 e. The topological polar surface area (TPSA) is 9.23 Å². The molecule has 0 spiro atoms. The highest BCUT2D eigenvalue weighted by Gasteiger charge is 2.48. The number of rotatable bonds is 6. The zero-order chi connectivity index (χ0) is 14.8. The Balaban J connectivity index is 1.55. The summed E-state index contributed by atoms with van der Waals surface area (Å²) in [6.07, 6.45) is 12.7. The maximum atomic E-state index is 6.10. The fourth-order valence-corrected chi connectivity index (χ4v) is 4.41. The van der Waals surface area contributed by atoms with Crippen molar-refractivity contribution in [3.63, 3.8) is 0 Å². The third-order valence-corrected chi connectivity index (χ3v) is 6.30. The van der Waals surface area contributed by atoms with Gasteiger partial charge in [0.05, 0.1) is 6.61 Å². The van der Waals surface area contributed by atoms with Crippen molar-refractivity contribution in [2.75, 3.05) is 6.61 Å². The highest BCUT2D eigenvalue weighted by atomic mass is 32.1. The van der Waals surface area contributed by atoms with Gasteiger partial charge in [-0.3, -0.25) is 0 Å². The third-order valence-electron chi connectivity index (χ3n) is 6.00. The van der Waals surface area contributed by atoms with Gasteiger partial charge in [0.1, 0.15) is 5.75 Å². The van der Waals surface area contributed by atoms with E-state index in [1.54, 1.807) is 0 Å². The molecule has 0 saturated heterocycles. The molecule has 1 aromatic rings. The molecule has 2 bridgehead atoms. The van der Waals surface area contributed by atoms with Crippen LogP contribution in [0.2, 0.25) is 0 Å². The number of fused-ring (bicyclic) bond motifs is 3. The lowest BCUT2D eigenvalue weighted by Crippen LogP contribution is -2.44. The van der Waals surface area contributed by atoms with Crippen LogP contribution in [-0.2, 0) is 0 Å². The van der Waals surface area contributed by atoms with Gasteiger partial charge in [-0.2, -0.15) is 0 Å². The van der Waals surface area contributed by atoms with Gasteiger partial charge in [-0.25, -0.2) is 0 Å². The summed E-state index contributed by atoms with van der Waals surface area (Å²) in [5, 5.41) is 0. The lowest BCUT2D eigenvalue weighted by molar-refractivity contribution is -0.0407. The van der Waals surface area contributed by atoms with Gasteiger partial charge in [0.2, 0.25) is 0 Å². The predicted molar refractivity (Wildman–Crippen MR) is 91.3 cm³/mol. The molecule has 0 aromatic heterocycles. The molecule has 4 rings (SSSR count). The van der Waals surface area contributed by atoms with Crippen LogP contribution in [0.5, 0.6) is 5.75 Å². The second-order valence-electron chi connectivity index (χ2n) is 7.39. The summed E-state index contributed by atoms with van der Waals surface area (Å²) >= 11 is 4.32. The van der Waals surface area contributed by atoms with Crippen molar-refractivity contribution in [3.05, 3.63) is 24.3 Å². The molecular weight excluding hydrogens is 276 g/mol. The average Bonchev–Trinajstić information content (AvgIpc) is 2.54. The lowest BCUT2D eigenvalue weighted by atomic mass is 9.53. The van der Waals surface area contributed by atoms with Gasteiger partial charge < -0.3 is 4.74 Å². The van der Waals surface area contributed by atoms with Crippen molar-refractivity contribution >= 4 is 12.6 Å². The standard InChI is InChI=1S/C19H28OS/c1-2-3-8-18-9-12-19(13-10-18,14-11-18)15-20-16-4-6-17(21)7-5-16/h4-7,21H,2-3,8-15H2,1H3. The Bertz CT molecular complexity index is 440. The number of hydrogen-bond acceptors (Lipinski definition) is 2. The second kappa shape index (κ2) is 6.24. The first-order valence-corrected chi connectivity index (χ1v) is 9.02. The van der Waals surface area contributed by atoms with E-state index in [4.69, 9.17) is 4.74 Å². The van der Waals surface area contributed by atoms with Gasteiger partial charge in [0.15, 0.2) is 0 Å². The van der Waals surface area contributed by atoms with E-state index < -0.39 is 0 Å². The molecule has 3 aliphatic rings. The molecule has 0 amide bonds. The molecule has 1 nitrogen and oxygen atoms in total. The van der Waals surface area contributed by atoms with E-state index in [9.17, 15) is 0 Å². The number of thiol groups is 1. The fraction of sp³-hybridized carbons (Fsp3) is 0.684. The summed E-state index contributed by atoms with van der Waals surface area (Å²) in [5.74, 6) is 0.996. The first-order valence-electron chi connectivity index (χ1n) is 8.57. The summed E-state index contributed by atoms with van der Waals surface area (Å²) in [5.41, 5.74) is 1.17. The Labute approximate surface area is 134 Å². The molecule has 3 fully saturated rings. The molecule has 2 heteroatoms. The molecule has 3 aliphatic carbocycles. The SMILES string of the molecule is CCCCC12CCC(COc3ccc(S)cc3)(CC1)CC2. The molecule has 116 valence electrons. The normalized spacial score (nSPS) is 31.3. The van der Waals surface area contributed by atoms with Gasteiger partial charge in [0, 0.05) is 10.3 Å². The van der Waals surface area contributed by atoms with Gasteiger partial charge >= 0.3 is 0 Å².